The Labute approximate surface area is 159 Å². The summed E-state index contributed by atoms with van der Waals surface area (Å²) in [6.45, 7) is 7.72. The van der Waals surface area contributed by atoms with Gasteiger partial charge in [0, 0.05) is 11.0 Å². The van der Waals surface area contributed by atoms with Gasteiger partial charge in [0.05, 0.1) is 11.4 Å². The number of rotatable bonds is 4. The van der Waals surface area contributed by atoms with Gasteiger partial charge in [-0.1, -0.05) is 63.2 Å². The van der Waals surface area contributed by atoms with E-state index in [9.17, 15) is 9.18 Å². The minimum Gasteiger partial charge on any atom is -0.272 e. The summed E-state index contributed by atoms with van der Waals surface area (Å²) in [7, 11) is 0. The Bertz CT molecular complexity index is 935. The molecule has 0 unspecified atom stereocenters. The third-order valence-corrected chi connectivity index (χ3v) is 4.69. The maximum Gasteiger partial charge on any atom is 0.252 e. The lowest BCUT2D eigenvalue weighted by Crippen LogP contribution is -2.29. The van der Waals surface area contributed by atoms with E-state index in [1.165, 1.54) is 12.1 Å². The maximum absolute atomic E-state index is 13.1. The van der Waals surface area contributed by atoms with Crippen LogP contribution in [0.25, 0.3) is 11.3 Å². The molecule has 0 aliphatic carbocycles. The van der Waals surface area contributed by atoms with Crippen LogP contribution in [-0.2, 0) is 12.8 Å². The van der Waals surface area contributed by atoms with E-state index in [0.29, 0.717) is 6.42 Å². The lowest BCUT2D eigenvalue weighted by atomic mass is 9.95. The molecule has 0 fully saturated rings. The summed E-state index contributed by atoms with van der Waals surface area (Å²) in [5.74, 6) is -0.267. The summed E-state index contributed by atoms with van der Waals surface area (Å²) in [6, 6.07) is 16.4. The monoisotopic (exact) mass is 364 g/mol. The first kappa shape index (κ1) is 19.0. The molecule has 0 spiro atoms. The number of aryl methyl sites for hydroxylation is 1. The molecule has 0 N–H and O–H groups in total. The zero-order valence-corrected chi connectivity index (χ0v) is 16.3. The molecule has 3 nitrogen and oxygen atoms in total. The molecule has 1 heterocycles. The summed E-state index contributed by atoms with van der Waals surface area (Å²) in [4.78, 5) is 13.0. The zero-order valence-electron chi connectivity index (χ0n) is 16.3. The number of hydrogen-bond acceptors (Lipinski definition) is 2. The van der Waals surface area contributed by atoms with Crippen LogP contribution in [0.1, 0.15) is 42.4 Å². The third kappa shape index (κ3) is 4.16. The first-order valence-electron chi connectivity index (χ1n) is 9.20. The van der Waals surface area contributed by atoms with Gasteiger partial charge in [-0.05, 0) is 43.0 Å². The highest BCUT2D eigenvalue weighted by Crippen LogP contribution is 2.28. The first-order valence-corrected chi connectivity index (χ1v) is 9.20. The fourth-order valence-corrected chi connectivity index (χ4v) is 3.09. The highest BCUT2D eigenvalue weighted by molar-refractivity contribution is 5.85. The molecule has 0 radical (unpaired) electrons. The normalized spacial score (nSPS) is 11.6. The molecule has 4 heteroatoms. The van der Waals surface area contributed by atoms with Gasteiger partial charge in [-0.2, -0.15) is 5.10 Å². The second-order valence-corrected chi connectivity index (χ2v) is 7.88. The van der Waals surface area contributed by atoms with Gasteiger partial charge in [0.15, 0.2) is 0 Å². The van der Waals surface area contributed by atoms with E-state index >= 15 is 0 Å². The second kappa shape index (κ2) is 7.47. The van der Waals surface area contributed by atoms with E-state index in [-0.39, 0.29) is 11.7 Å². The summed E-state index contributed by atoms with van der Waals surface area (Å²) < 4.78 is 14.7. The van der Waals surface area contributed by atoms with Gasteiger partial charge < -0.3 is 0 Å². The number of nitrogens with zero attached hydrogens (tertiary/aromatic N) is 2. The van der Waals surface area contributed by atoms with E-state index in [0.717, 1.165) is 34.5 Å². The Kier molecular flexibility index (Phi) is 5.26. The molecule has 1 aromatic heterocycles. The lowest BCUT2D eigenvalue weighted by Gasteiger charge is -2.18. The Balaban J connectivity index is 2.00. The van der Waals surface area contributed by atoms with Crippen LogP contribution in [0.3, 0.4) is 0 Å². The van der Waals surface area contributed by atoms with Crippen molar-refractivity contribution in [3.8, 4) is 11.3 Å². The molecule has 140 valence electrons. The average Bonchev–Trinajstić information content (AvgIpc) is 2.97. The van der Waals surface area contributed by atoms with Crippen molar-refractivity contribution in [1.29, 1.82) is 0 Å². The van der Waals surface area contributed by atoms with Crippen LogP contribution in [0.2, 0.25) is 0 Å². The van der Waals surface area contributed by atoms with Gasteiger partial charge in [-0.25, -0.2) is 9.07 Å². The molecule has 3 aromatic rings. The van der Waals surface area contributed by atoms with Crippen molar-refractivity contribution in [2.45, 2.75) is 40.5 Å². The standard InChI is InChI=1S/C23H25FN2O/c1-16-20(15-12-17-10-13-19(24)14-11-17)26(22(27)23(2,3)4)25-21(16)18-8-6-5-7-9-18/h5-11,13-14H,12,15H2,1-4H3. The molecule has 0 atom stereocenters. The largest absolute Gasteiger partial charge is 0.272 e. The van der Waals surface area contributed by atoms with Crippen molar-refractivity contribution >= 4 is 5.91 Å². The molecule has 2 aromatic carbocycles. The smallest absolute Gasteiger partial charge is 0.252 e. The third-order valence-electron chi connectivity index (χ3n) is 4.69. The highest BCUT2D eigenvalue weighted by Gasteiger charge is 2.28. The molecule has 0 aliphatic rings. The number of carbonyl (C=O) groups excluding carboxylic acids is 1. The highest BCUT2D eigenvalue weighted by atomic mass is 19.1. The maximum atomic E-state index is 13.1. The zero-order chi connectivity index (χ0) is 19.6. The van der Waals surface area contributed by atoms with Crippen LogP contribution in [0.5, 0.6) is 0 Å². The molecular weight excluding hydrogens is 339 g/mol. The van der Waals surface area contributed by atoms with Crippen LogP contribution in [-0.4, -0.2) is 15.7 Å². The lowest BCUT2D eigenvalue weighted by molar-refractivity contribution is 0.0745. The number of aromatic nitrogens is 2. The topological polar surface area (TPSA) is 34.9 Å². The fraction of sp³-hybridized carbons (Fsp3) is 0.304. The molecule has 0 saturated heterocycles. The number of carbonyl (C=O) groups is 1. The number of benzene rings is 2. The summed E-state index contributed by atoms with van der Waals surface area (Å²) in [6.07, 6.45) is 1.39. The average molecular weight is 364 g/mol. The van der Waals surface area contributed by atoms with Gasteiger partial charge in [0.25, 0.3) is 5.91 Å². The Morgan fingerprint density at radius 1 is 1.00 bits per heavy atom. The first-order chi connectivity index (χ1) is 12.8. The van der Waals surface area contributed by atoms with Crippen molar-refractivity contribution < 1.29 is 9.18 Å². The van der Waals surface area contributed by atoms with Gasteiger partial charge in [0.1, 0.15) is 5.82 Å². The van der Waals surface area contributed by atoms with Crippen LogP contribution in [0.15, 0.2) is 54.6 Å². The van der Waals surface area contributed by atoms with Crippen LogP contribution in [0.4, 0.5) is 4.39 Å². The van der Waals surface area contributed by atoms with E-state index in [2.05, 4.69) is 5.10 Å². The van der Waals surface area contributed by atoms with Gasteiger partial charge in [-0.15, -0.1) is 0 Å². The predicted octanol–water partition coefficient (Wildman–Crippen LogP) is 5.47. The predicted molar refractivity (Wildman–Crippen MR) is 106 cm³/mol. The minimum atomic E-state index is -0.531. The second-order valence-electron chi connectivity index (χ2n) is 7.88. The van der Waals surface area contributed by atoms with Crippen molar-refractivity contribution in [2.24, 2.45) is 5.41 Å². The van der Waals surface area contributed by atoms with Gasteiger partial charge >= 0.3 is 0 Å². The van der Waals surface area contributed by atoms with Gasteiger partial charge in [-0.3, -0.25) is 4.79 Å². The van der Waals surface area contributed by atoms with Crippen LogP contribution < -0.4 is 0 Å². The minimum absolute atomic E-state index is 0.0260. The Hall–Kier alpha value is -2.75. The van der Waals surface area contributed by atoms with Crippen molar-refractivity contribution in [3.63, 3.8) is 0 Å². The molecule has 3 rings (SSSR count). The van der Waals surface area contributed by atoms with Crippen LogP contribution in [0, 0.1) is 18.2 Å². The molecule has 0 amide bonds. The van der Waals surface area contributed by atoms with E-state index in [1.54, 1.807) is 16.8 Å². The summed E-state index contributed by atoms with van der Waals surface area (Å²) in [5, 5.41) is 4.68. The van der Waals surface area contributed by atoms with E-state index < -0.39 is 5.41 Å². The van der Waals surface area contributed by atoms with E-state index in [4.69, 9.17) is 0 Å². The van der Waals surface area contributed by atoms with Crippen LogP contribution >= 0.6 is 0 Å². The summed E-state index contributed by atoms with van der Waals surface area (Å²) >= 11 is 0. The molecule has 0 bridgehead atoms. The SMILES string of the molecule is Cc1c(-c2ccccc2)nn(C(=O)C(C)(C)C)c1CCc1ccc(F)cc1. The Morgan fingerprint density at radius 2 is 1.63 bits per heavy atom. The molecule has 0 aliphatic heterocycles. The fourth-order valence-electron chi connectivity index (χ4n) is 3.09. The number of halogens is 1. The Morgan fingerprint density at radius 3 is 2.22 bits per heavy atom. The molecule has 0 saturated carbocycles. The number of hydrogen-bond donors (Lipinski definition) is 0. The van der Waals surface area contributed by atoms with Crippen molar-refractivity contribution in [3.05, 3.63) is 77.2 Å². The van der Waals surface area contributed by atoms with E-state index in [1.807, 2.05) is 58.0 Å². The quantitative estimate of drug-likeness (QED) is 0.615. The van der Waals surface area contributed by atoms with Crippen molar-refractivity contribution in [2.75, 3.05) is 0 Å². The molecule has 27 heavy (non-hydrogen) atoms. The summed E-state index contributed by atoms with van der Waals surface area (Å²) in [5.41, 5.74) is 4.27. The molecular formula is C23H25FN2O. The van der Waals surface area contributed by atoms with Gasteiger partial charge in [0.2, 0.25) is 0 Å². The van der Waals surface area contributed by atoms with Crippen molar-refractivity contribution in [1.82, 2.24) is 9.78 Å².